The van der Waals surface area contributed by atoms with Gasteiger partial charge in [-0.3, -0.25) is 0 Å². The number of ether oxygens (including phenoxy) is 1. The molecule has 1 aromatic rings. The third-order valence-electron chi connectivity index (χ3n) is 12.2. The maximum absolute atomic E-state index is 6.30. The third-order valence-corrected chi connectivity index (χ3v) is 12.2. The van der Waals surface area contributed by atoms with Crippen molar-refractivity contribution in [2.45, 2.75) is 98.0 Å². The Balaban J connectivity index is 1.20. The Kier molecular flexibility index (Phi) is 4.90. The zero-order valence-electron chi connectivity index (χ0n) is 21.1. The second-order valence-electron chi connectivity index (χ2n) is 13.2. The van der Waals surface area contributed by atoms with Gasteiger partial charge in [-0.2, -0.15) is 0 Å². The number of nitrogens with zero attached hydrogens (tertiary/aromatic N) is 2. The van der Waals surface area contributed by atoms with Gasteiger partial charge >= 0.3 is 0 Å². The lowest BCUT2D eigenvalue weighted by atomic mass is 9.45. The van der Waals surface area contributed by atoms with E-state index in [0.29, 0.717) is 22.3 Å². The highest BCUT2D eigenvalue weighted by molar-refractivity contribution is 5.26. The highest BCUT2D eigenvalue weighted by atomic mass is 16.5. The van der Waals surface area contributed by atoms with Gasteiger partial charge in [0, 0.05) is 31.3 Å². The van der Waals surface area contributed by atoms with Gasteiger partial charge in [0.2, 0.25) is 0 Å². The maximum atomic E-state index is 6.30. The Hall–Kier alpha value is -0.960. The van der Waals surface area contributed by atoms with Gasteiger partial charge in [0.15, 0.2) is 0 Å². The number of rotatable bonds is 5. The van der Waals surface area contributed by atoms with Crippen LogP contribution in [-0.2, 0) is 11.2 Å². The molecule has 0 bridgehead atoms. The van der Waals surface area contributed by atoms with E-state index in [0.717, 1.165) is 53.3 Å². The van der Waals surface area contributed by atoms with E-state index < -0.39 is 0 Å². The summed E-state index contributed by atoms with van der Waals surface area (Å²) >= 11 is 0. The van der Waals surface area contributed by atoms with E-state index in [-0.39, 0.29) is 0 Å². The van der Waals surface area contributed by atoms with E-state index in [1.165, 1.54) is 57.8 Å². The van der Waals surface area contributed by atoms with Crippen LogP contribution in [0.25, 0.3) is 0 Å². The summed E-state index contributed by atoms with van der Waals surface area (Å²) in [6.07, 6.45) is 18.3. The van der Waals surface area contributed by atoms with Crippen LogP contribution in [0.4, 0.5) is 0 Å². The lowest BCUT2D eigenvalue weighted by Gasteiger charge is -2.61. The molecule has 1 aromatic heterocycles. The molecule has 0 aliphatic heterocycles. The van der Waals surface area contributed by atoms with Crippen LogP contribution in [0.2, 0.25) is 0 Å². The molecule has 10 atom stereocenters. The van der Waals surface area contributed by atoms with Gasteiger partial charge in [-0.15, -0.1) is 0 Å². The van der Waals surface area contributed by atoms with Crippen molar-refractivity contribution in [2.24, 2.45) is 51.8 Å². The van der Waals surface area contributed by atoms with Crippen LogP contribution in [0.3, 0.4) is 0 Å². The van der Waals surface area contributed by atoms with Crippen molar-refractivity contribution in [2.75, 3.05) is 7.11 Å². The van der Waals surface area contributed by atoms with Gasteiger partial charge in [-0.25, -0.2) is 9.97 Å². The van der Waals surface area contributed by atoms with Crippen LogP contribution in [0, 0.1) is 58.7 Å². The van der Waals surface area contributed by atoms with Crippen molar-refractivity contribution < 1.29 is 4.74 Å². The van der Waals surface area contributed by atoms with Gasteiger partial charge in [-0.1, -0.05) is 20.8 Å². The molecular weight excluding hydrogens is 392 g/mol. The average Bonchev–Trinajstić information content (AvgIpc) is 3.29. The summed E-state index contributed by atoms with van der Waals surface area (Å²) < 4.78 is 6.30. The topological polar surface area (TPSA) is 35.0 Å². The highest BCUT2D eigenvalue weighted by Crippen LogP contribution is 2.82. The number of aromatic nitrogens is 2. The SMILES string of the molecule is CO[C@@H]1C[C@H]2[C@@H]3CC[C@H]([C@H](C)CCc4ncc(C)cn4)[C@@]3(C)CC[C@@H]2[C@@]2(C)CC[C@@H]3CC312. The first-order chi connectivity index (χ1) is 15.3. The minimum atomic E-state index is 0.523. The molecule has 1 heterocycles. The summed E-state index contributed by atoms with van der Waals surface area (Å²) in [6.45, 7) is 9.98. The highest BCUT2D eigenvalue weighted by Gasteiger charge is 2.77. The van der Waals surface area contributed by atoms with Crippen LogP contribution in [0.5, 0.6) is 0 Å². The van der Waals surface area contributed by atoms with E-state index in [1.54, 1.807) is 0 Å². The van der Waals surface area contributed by atoms with E-state index in [2.05, 4.69) is 37.7 Å². The molecule has 0 aromatic carbocycles. The Morgan fingerprint density at radius 3 is 2.56 bits per heavy atom. The molecule has 1 unspecified atom stereocenters. The molecule has 5 saturated carbocycles. The molecule has 5 fully saturated rings. The van der Waals surface area contributed by atoms with Crippen LogP contribution < -0.4 is 0 Å². The van der Waals surface area contributed by atoms with Gasteiger partial charge < -0.3 is 4.74 Å². The largest absolute Gasteiger partial charge is 0.381 e. The zero-order chi connectivity index (χ0) is 22.3. The molecule has 32 heavy (non-hydrogen) atoms. The van der Waals surface area contributed by atoms with Crippen molar-refractivity contribution in [3.63, 3.8) is 0 Å². The summed E-state index contributed by atoms with van der Waals surface area (Å²) in [5, 5.41) is 0. The van der Waals surface area contributed by atoms with Crippen molar-refractivity contribution in [3.05, 3.63) is 23.8 Å². The number of fused-ring (bicyclic) bond motifs is 4. The van der Waals surface area contributed by atoms with E-state index in [4.69, 9.17) is 4.74 Å². The smallest absolute Gasteiger partial charge is 0.128 e. The Morgan fingerprint density at radius 2 is 1.84 bits per heavy atom. The van der Waals surface area contributed by atoms with Crippen molar-refractivity contribution in [1.82, 2.24) is 9.97 Å². The van der Waals surface area contributed by atoms with Crippen LogP contribution in [0.15, 0.2) is 12.4 Å². The fraction of sp³-hybridized carbons (Fsp3) is 0.862. The second kappa shape index (κ2) is 7.27. The Bertz CT molecular complexity index is 868. The molecule has 0 radical (unpaired) electrons. The first-order valence-electron chi connectivity index (χ1n) is 13.6. The molecule has 0 amide bonds. The number of hydrogen-bond donors (Lipinski definition) is 0. The second-order valence-corrected chi connectivity index (χ2v) is 13.2. The van der Waals surface area contributed by atoms with E-state index >= 15 is 0 Å². The lowest BCUT2D eigenvalue weighted by Crippen LogP contribution is -2.57. The summed E-state index contributed by atoms with van der Waals surface area (Å²) in [6, 6.07) is 0. The Morgan fingerprint density at radius 1 is 1.06 bits per heavy atom. The lowest BCUT2D eigenvalue weighted by molar-refractivity contribution is -0.161. The van der Waals surface area contributed by atoms with Crippen LogP contribution in [0.1, 0.15) is 89.9 Å². The van der Waals surface area contributed by atoms with Crippen molar-refractivity contribution in [3.8, 4) is 0 Å². The quantitative estimate of drug-likeness (QED) is 0.519. The average molecular weight is 437 g/mol. The predicted octanol–water partition coefficient (Wildman–Crippen LogP) is 6.64. The normalized spacial score (nSPS) is 49.7. The number of aryl methyl sites for hydroxylation is 2. The van der Waals surface area contributed by atoms with Crippen LogP contribution >= 0.6 is 0 Å². The van der Waals surface area contributed by atoms with Gasteiger partial charge in [0.25, 0.3) is 0 Å². The maximum Gasteiger partial charge on any atom is 0.128 e. The van der Waals surface area contributed by atoms with Gasteiger partial charge in [-0.05, 0) is 117 Å². The van der Waals surface area contributed by atoms with E-state index in [1.807, 2.05) is 19.5 Å². The standard InChI is InChI=1S/C29H44N2O/c1-18-16-30-26(31-17-18)9-6-19(2)22-7-8-23-21-14-25(32-5)29-15-20(29)10-13-28(29,4)24(21)11-12-27(22,23)3/h16-17,19-25H,6-15H2,1-5H3/t19-,20-,21+,22-,23+,24+,25-,27-,28-,29?/m1/s1. The summed E-state index contributed by atoms with van der Waals surface area (Å²) in [4.78, 5) is 9.14. The first kappa shape index (κ1) is 21.6. The monoisotopic (exact) mass is 436 g/mol. The van der Waals surface area contributed by atoms with Crippen molar-refractivity contribution >= 4 is 0 Å². The summed E-state index contributed by atoms with van der Waals surface area (Å²) in [7, 11) is 2.02. The van der Waals surface area contributed by atoms with Crippen LogP contribution in [-0.4, -0.2) is 23.2 Å². The van der Waals surface area contributed by atoms with Gasteiger partial charge in [0.05, 0.1) is 6.10 Å². The molecule has 1 spiro atoms. The molecule has 0 N–H and O–H groups in total. The molecule has 176 valence electrons. The fourth-order valence-corrected chi connectivity index (χ4v) is 10.7. The van der Waals surface area contributed by atoms with Crippen molar-refractivity contribution in [1.29, 1.82) is 0 Å². The molecule has 3 nitrogen and oxygen atoms in total. The molecule has 3 heteroatoms. The number of methoxy groups -OCH3 is 1. The third kappa shape index (κ3) is 2.75. The predicted molar refractivity (Wildman–Crippen MR) is 128 cm³/mol. The summed E-state index contributed by atoms with van der Waals surface area (Å²) in [5.41, 5.74) is 2.78. The number of hydrogen-bond acceptors (Lipinski definition) is 3. The van der Waals surface area contributed by atoms with E-state index in [9.17, 15) is 0 Å². The molecule has 0 saturated heterocycles. The molecule has 6 rings (SSSR count). The fourth-order valence-electron chi connectivity index (χ4n) is 10.7. The van der Waals surface area contributed by atoms with Gasteiger partial charge in [0.1, 0.15) is 5.82 Å². The first-order valence-corrected chi connectivity index (χ1v) is 13.6. The minimum absolute atomic E-state index is 0.523. The molecule has 5 aliphatic rings. The molecular formula is C29H44N2O. The zero-order valence-corrected chi connectivity index (χ0v) is 21.1. The minimum Gasteiger partial charge on any atom is -0.381 e. The summed E-state index contributed by atoms with van der Waals surface area (Å²) in [5.74, 6) is 6.39. The molecule has 5 aliphatic carbocycles. The Labute approximate surface area is 195 Å².